The van der Waals surface area contributed by atoms with Gasteiger partial charge in [0.05, 0.1) is 16.1 Å². The van der Waals surface area contributed by atoms with Crippen LogP contribution < -0.4 is 0 Å². The van der Waals surface area contributed by atoms with Gasteiger partial charge in [0, 0.05) is 11.6 Å². The smallest absolute Gasteiger partial charge is 0.191 e. The highest BCUT2D eigenvalue weighted by atomic mass is 32.1. The predicted molar refractivity (Wildman–Crippen MR) is 76.8 cm³/mol. The zero-order chi connectivity index (χ0) is 14.9. The maximum atomic E-state index is 12.5. The molecule has 0 spiro atoms. The Hall–Kier alpha value is -2.14. The van der Waals surface area contributed by atoms with E-state index in [9.17, 15) is 13.2 Å². The first-order chi connectivity index (χ1) is 10.0. The molecule has 1 nitrogen and oxygen atoms in total. The zero-order valence-electron chi connectivity index (χ0n) is 10.7. The Bertz CT molecular complexity index is 730. The lowest BCUT2D eigenvalue weighted by atomic mass is 10.1. The molecule has 0 N–H and O–H groups in total. The van der Waals surface area contributed by atoms with Gasteiger partial charge in [-0.1, -0.05) is 42.5 Å². The molecule has 21 heavy (non-hydrogen) atoms. The third-order valence-corrected chi connectivity index (χ3v) is 3.78. The number of alkyl halides is 3. The highest BCUT2D eigenvalue weighted by molar-refractivity contribution is 7.09. The summed E-state index contributed by atoms with van der Waals surface area (Å²) in [5, 5.41) is 0. The Morgan fingerprint density at radius 3 is 2.14 bits per heavy atom. The number of rotatable bonds is 2. The quantitative estimate of drug-likeness (QED) is 0.626. The normalized spacial score (nSPS) is 11.6. The Morgan fingerprint density at radius 2 is 1.52 bits per heavy atom. The molecule has 0 aliphatic carbocycles. The third-order valence-electron chi connectivity index (χ3n) is 2.98. The van der Waals surface area contributed by atoms with Crippen LogP contribution >= 0.6 is 11.5 Å². The zero-order valence-corrected chi connectivity index (χ0v) is 11.5. The molecule has 0 aliphatic rings. The van der Waals surface area contributed by atoms with Crippen LogP contribution in [0.2, 0.25) is 0 Å². The minimum absolute atomic E-state index is 0.654. The lowest BCUT2D eigenvalue weighted by molar-refractivity contribution is -0.137. The van der Waals surface area contributed by atoms with Crippen molar-refractivity contribution in [3.63, 3.8) is 0 Å². The van der Waals surface area contributed by atoms with Gasteiger partial charge in [0.15, 0.2) is 0 Å². The molecule has 0 saturated heterocycles. The SMILES string of the molecule is FC(F)(F)c1ccc(-c2[c]c(-c3ccccc3)ns2)cc1. The van der Waals surface area contributed by atoms with E-state index >= 15 is 0 Å². The van der Waals surface area contributed by atoms with Crippen molar-refractivity contribution in [3.05, 3.63) is 66.2 Å². The van der Waals surface area contributed by atoms with E-state index in [2.05, 4.69) is 10.4 Å². The topological polar surface area (TPSA) is 12.9 Å². The molecule has 3 aromatic rings. The van der Waals surface area contributed by atoms with Gasteiger partial charge < -0.3 is 0 Å². The Balaban J connectivity index is 1.90. The van der Waals surface area contributed by atoms with Gasteiger partial charge in [-0.3, -0.25) is 0 Å². The predicted octanol–water partition coefficient (Wildman–Crippen LogP) is 5.30. The number of benzene rings is 2. The lowest BCUT2D eigenvalue weighted by Gasteiger charge is -2.06. The molecule has 0 bridgehead atoms. The van der Waals surface area contributed by atoms with Crippen molar-refractivity contribution in [2.45, 2.75) is 6.18 Å². The summed E-state index contributed by atoms with van der Waals surface area (Å²) in [6.45, 7) is 0. The molecule has 0 atom stereocenters. The summed E-state index contributed by atoms with van der Waals surface area (Å²) in [6.07, 6.45) is -4.31. The Kier molecular flexibility index (Phi) is 3.51. The molecular formula is C16H9F3NS. The number of hydrogen-bond acceptors (Lipinski definition) is 2. The molecule has 3 rings (SSSR count). The molecule has 2 aromatic carbocycles. The van der Waals surface area contributed by atoms with Crippen molar-refractivity contribution < 1.29 is 13.2 Å². The van der Waals surface area contributed by atoms with Crippen molar-refractivity contribution in [3.8, 4) is 21.7 Å². The summed E-state index contributed by atoms with van der Waals surface area (Å²) in [5.41, 5.74) is 1.67. The fourth-order valence-corrected chi connectivity index (χ4v) is 2.62. The van der Waals surface area contributed by atoms with Crippen molar-refractivity contribution in [2.24, 2.45) is 0 Å². The Morgan fingerprint density at radius 1 is 0.857 bits per heavy atom. The number of aromatic nitrogens is 1. The molecule has 1 aromatic heterocycles. The first-order valence-electron chi connectivity index (χ1n) is 6.16. The molecule has 1 heterocycles. The van der Waals surface area contributed by atoms with Crippen molar-refractivity contribution in [1.82, 2.24) is 4.37 Å². The van der Waals surface area contributed by atoms with Gasteiger partial charge in [-0.15, -0.1) is 0 Å². The highest BCUT2D eigenvalue weighted by Crippen LogP contribution is 2.33. The van der Waals surface area contributed by atoms with Crippen LogP contribution in [0, 0.1) is 6.07 Å². The lowest BCUT2D eigenvalue weighted by Crippen LogP contribution is -2.03. The molecule has 105 valence electrons. The van der Waals surface area contributed by atoms with Gasteiger partial charge in [-0.2, -0.15) is 17.5 Å². The second kappa shape index (κ2) is 5.33. The van der Waals surface area contributed by atoms with E-state index in [1.807, 2.05) is 30.3 Å². The fraction of sp³-hybridized carbons (Fsp3) is 0.0625. The average molecular weight is 304 g/mol. The molecule has 0 fully saturated rings. The van der Waals surface area contributed by atoms with Gasteiger partial charge in [-0.25, -0.2) is 0 Å². The van der Waals surface area contributed by atoms with Gasteiger partial charge in [0.25, 0.3) is 0 Å². The van der Waals surface area contributed by atoms with Crippen molar-refractivity contribution >= 4 is 11.5 Å². The van der Waals surface area contributed by atoms with E-state index in [0.29, 0.717) is 11.3 Å². The van der Waals surface area contributed by atoms with Crippen molar-refractivity contribution in [2.75, 3.05) is 0 Å². The summed E-state index contributed by atoms with van der Waals surface area (Å²) in [7, 11) is 0. The number of nitrogens with zero attached hydrogens (tertiary/aromatic N) is 1. The molecular weight excluding hydrogens is 295 g/mol. The average Bonchev–Trinajstić information content (AvgIpc) is 2.97. The number of halogens is 3. The second-order valence-corrected chi connectivity index (χ2v) is 5.20. The number of hydrogen-bond donors (Lipinski definition) is 0. The summed E-state index contributed by atoms with van der Waals surface area (Å²) in [5.74, 6) is 0. The van der Waals surface area contributed by atoms with Gasteiger partial charge in [0.2, 0.25) is 0 Å². The first kappa shape index (κ1) is 13.8. The standard InChI is InChI=1S/C16H9F3NS/c17-16(18,19)13-8-6-12(7-9-13)15-10-14(20-21-15)11-4-2-1-3-5-11/h1-9H. The minimum atomic E-state index is -4.31. The van der Waals surface area contributed by atoms with Crippen LogP contribution in [0.5, 0.6) is 0 Å². The van der Waals surface area contributed by atoms with Crippen LogP contribution in [-0.2, 0) is 6.18 Å². The van der Waals surface area contributed by atoms with Crippen LogP contribution in [-0.4, -0.2) is 4.37 Å². The highest BCUT2D eigenvalue weighted by Gasteiger charge is 2.30. The van der Waals surface area contributed by atoms with Crippen molar-refractivity contribution in [1.29, 1.82) is 0 Å². The molecule has 0 unspecified atom stereocenters. The summed E-state index contributed by atoms with van der Waals surface area (Å²) < 4.78 is 41.9. The third kappa shape index (κ3) is 2.97. The van der Waals surface area contributed by atoms with E-state index in [1.165, 1.54) is 23.7 Å². The van der Waals surface area contributed by atoms with Gasteiger partial charge in [0.1, 0.15) is 0 Å². The Labute approximate surface area is 123 Å². The summed E-state index contributed by atoms with van der Waals surface area (Å²) in [6, 6.07) is 17.7. The molecule has 0 amide bonds. The second-order valence-electron chi connectivity index (χ2n) is 4.43. The van der Waals surface area contributed by atoms with Gasteiger partial charge >= 0.3 is 6.18 Å². The maximum absolute atomic E-state index is 12.5. The first-order valence-corrected chi connectivity index (χ1v) is 6.93. The van der Waals surface area contributed by atoms with E-state index < -0.39 is 11.7 Å². The van der Waals surface area contributed by atoms with Crippen LogP contribution in [0.4, 0.5) is 13.2 Å². The van der Waals surface area contributed by atoms with E-state index in [-0.39, 0.29) is 0 Å². The maximum Gasteiger partial charge on any atom is 0.416 e. The summed E-state index contributed by atoms with van der Waals surface area (Å²) >= 11 is 1.22. The van der Waals surface area contributed by atoms with Crippen LogP contribution in [0.1, 0.15) is 5.56 Å². The molecule has 1 radical (unpaired) electrons. The van der Waals surface area contributed by atoms with Crippen LogP contribution in [0.25, 0.3) is 21.7 Å². The van der Waals surface area contributed by atoms with E-state index in [1.54, 1.807) is 0 Å². The fourth-order valence-electron chi connectivity index (χ4n) is 1.90. The van der Waals surface area contributed by atoms with E-state index in [4.69, 9.17) is 0 Å². The summed E-state index contributed by atoms with van der Waals surface area (Å²) in [4.78, 5) is 0.725. The molecule has 5 heteroatoms. The van der Waals surface area contributed by atoms with Crippen LogP contribution in [0.3, 0.4) is 0 Å². The van der Waals surface area contributed by atoms with E-state index in [0.717, 1.165) is 22.6 Å². The monoisotopic (exact) mass is 304 g/mol. The molecule has 0 saturated carbocycles. The molecule has 0 aliphatic heterocycles. The minimum Gasteiger partial charge on any atom is -0.191 e. The van der Waals surface area contributed by atoms with Gasteiger partial charge in [-0.05, 0) is 29.2 Å². The van der Waals surface area contributed by atoms with Crippen LogP contribution in [0.15, 0.2) is 54.6 Å². The largest absolute Gasteiger partial charge is 0.416 e.